The van der Waals surface area contributed by atoms with E-state index in [2.05, 4.69) is 5.32 Å². The van der Waals surface area contributed by atoms with Crippen molar-refractivity contribution in [3.05, 3.63) is 23.8 Å². The minimum atomic E-state index is 0.0638. The van der Waals surface area contributed by atoms with Gasteiger partial charge in [-0.2, -0.15) is 0 Å². The molecule has 1 aromatic rings. The summed E-state index contributed by atoms with van der Waals surface area (Å²) in [5.41, 5.74) is 6.68. The predicted molar refractivity (Wildman–Crippen MR) is 74.3 cm³/mol. The van der Waals surface area contributed by atoms with Gasteiger partial charge in [0.05, 0.1) is 0 Å². The van der Waals surface area contributed by atoms with Gasteiger partial charge in [0.2, 0.25) is 12.7 Å². The van der Waals surface area contributed by atoms with Gasteiger partial charge >= 0.3 is 0 Å². The number of nitrogens with two attached hydrogens (primary N) is 1. The molecule has 20 heavy (non-hydrogen) atoms. The first-order valence-electron chi connectivity index (χ1n) is 7.15. The fourth-order valence-corrected chi connectivity index (χ4v) is 3.11. The second-order valence-electron chi connectivity index (χ2n) is 5.40. The number of carbonyl (C=O) groups excluding carboxylic acids is 1. The Morgan fingerprint density at radius 2 is 2.25 bits per heavy atom. The number of benzene rings is 1. The third-order valence-electron chi connectivity index (χ3n) is 4.23. The molecule has 1 aliphatic heterocycles. The van der Waals surface area contributed by atoms with Crippen LogP contribution in [0.3, 0.4) is 0 Å². The maximum Gasteiger partial charge on any atom is 0.231 e. The Morgan fingerprint density at radius 1 is 1.35 bits per heavy atom. The molecule has 1 amide bonds. The lowest BCUT2D eigenvalue weighted by atomic mass is 9.95. The molecule has 1 fully saturated rings. The van der Waals surface area contributed by atoms with Crippen LogP contribution in [0.1, 0.15) is 24.8 Å². The molecule has 2 atom stereocenters. The molecule has 5 nitrogen and oxygen atoms in total. The van der Waals surface area contributed by atoms with Gasteiger partial charge in [-0.05, 0) is 31.4 Å². The topological polar surface area (TPSA) is 73.6 Å². The van der Waals surface area contributed by atoms with Gasteiger partial charge in [-0.15, -0.1) is 0 Å². The highest BCUT2D eigenvalue weighted by Gasteiger charge is 2.31. The van der Waals surface area contributed by atoms with Gasteiger partial charge in [0.1, 0.15) is 0 Å². The lowest BCUT2D eigenvalue weighted by Gasteiger charge is -2.17. The van der Waals surface area contributed by atoms with Gasteiger partial charge in [-0.1, -0.05) is 18.6 Å². The van der Waals surface area contributed by atoms with E-state index in [1.54, 1.807) is 0 Å². The normalized spacial score (nSPS) is 23.9. The molecule has 3 N–H and O–H groups in total. The highest BCUT2D eigenvalue weighted by Crippen LogP contribution is 2.35. The van der Waals surface area contributed by atoms with E-state index in [1.807, 2.05) is 18.2 Å². The van der Waals surface area contributed by atoms with Crippen LogP contribution in [0.5, 0.6) is 11.5 Å². The molecule has 0 saturated heterocycles. The SMILES string of the molecule is NCC1CCCC1C(=O)NCc1cccc2c1OCO2. The second kappa shape index (κ2) is 5.71. The Bertz CT molecular complexity index is 504. The number of hydrogen-bond acceptors (Lipinski definition) is 4. The van der Waals surface area contributed by atoms with E-state index < -0.39 is 0 Å². The molecule has 1 saturated carbocycles. The minimum Gasteiger partial charge on any atom is -0.454 e. The van der Waals surface area contributed by atoms with Gasteiger partial charge in [-0.25, -0.2) is 0 Å². The number of hydrogen-bond donors (Lipinski definition) is 2. The maximum atomic E-state index is 12.2. The number of fused-ring (bicyclic) bond motifs is 1. The zero-order valence-electron chi connectivity index (χ0n) is 11.4. The van der Waals surface area contributed by atoms with Gasteiger partial charge in [-0.3, -0.25) is 4.79 Å². The Labute approximate surface area is 118 Å². The summed E-state index contributed by atoms with van der Waals surface area (Å²) in [6.07, 6.45) is 3.10. The van der Waals surface area contributed by atoms with Gasteiger partial charge in [0, 0.05) is 18.0 Å². The molecule has 0 aromatic heterocycles. The van der Waals surface area contributed by atoms with E-state index in [4.69, 9.17) is 15.2 Å². The Hall–Kier alpha value is -1.75. The molecule has 1 aliphatic carbocycles. The van der Waals surface area contributed by atoms with Crippen LogP contribution in [0.2, 0.25) is 0 Å². The first-order chi connectivity index (χ1) is 9.79. The highest BCUT2D eigenvalue weighted by molar-refractivity contribution is 5.79. The van der Waals surface area contributed by atoms with Crippen molar-refractivity contribution < 1.29 is 14.3 Å². The molecule has 0 bridgehead atoms. The maximum absolute atomic E-state index is 12.2. The van der Waals surface area contributed by atoms with Crippen LogP contribution >= 0.6 is 0 Å². The van der Waals surface area contributed by atoms with Crippen LogP contribution in [-0.2, 0) is 11.3 Å². The Kier molecular flexibility index (Phi) is 3.78. The van der Waals surface area contributed by atoms with Crippen LogP contribution in [0.25, 0.3) is 0 Å². The minimum absolute atomic E-state index is 0.0638. The number of amides is 1. The van der Waals surface area contributed by atoms with Crippen LogP contribution in [0, 0.1) is 11.8 Å². The lowest BCUT2D eigenvalue weighted by molar-refractivity contribution is -0.126. The number of nitrogens with one attached hydrogen (secondary N) is 1. The van der Waals surface area contributed by atoms with Crippen molar-refractivity contribution in [3.8, 4) is 11.5 Å². The Balaban J connectivity index is 1.62. The molecule has 5 heteroatoms. The molecule has 2 unspecified atom stereocenters. The Morgan fingerprint density at radius 3 is 3.10 bits per heavy atom. The smallest absolute Gasteiger partial charge is 0.231 e. The fourth-order valence-electron chi connectivity index (χ4n) is 3.11. The monoisotopic (exact) mass is 276 g/mol. The summed E-state index contributed by atoms with van der Waals surface area (Å²) < 4.78 is 10.8. The molecule has 0 spiro atoms. The molecular formula is C15H20N2O3. The third kappa shape index (κ3) is 2.45. The zero-order valence-corrected chi connectivity index (χ0v) is 11.4. The van der Waals surface area contributed by atoms with E-state index in [0.717, 1.165) is 36.3 Å². The second-order valence-corrected chi connectivity index (χ2v) is 5.40. The number of ether oxygens (including phenoxy) is 2. The van der Waals surface area contributed by atoms with Crippen molar-refractivity contribution >= 4 is 5.91 Å². The van der Waals surface area contributed by atoms with Crippen LogP contribution in [0.4, 0.5) is 0 Å². The largest absolute Gasteiger partial charge is 0.454 e. The average molecular weight is 276 g/mol. The molecule has 108 valence electrons. The molecule has 3 rings (SSSR count). The lowest BCUT2D eigenvalue weighted by Crippen LogP contribution is -2.34. The molecule has 1 aromatic carbocycles. The van der Waals surface area contributed by atoms with E-state index in [0.29, 0.717) is 19.0 Å². The van der Waals surface area contributed by atoms with E-state index in [9.17, 15) is 4.79 Å². The van der Waals surface area contributed by atoms with Crippen molar-refractivity contribution in [1.29, 1.82) is 0 Å². The summed E-state index contributed by atoms with van der Waals surface area (Å²) in [6, 6.07) is 5.73. The van der Waals surface area contributed by atoms with Gasteiger partial charge in [0.25, 0.3) is 0 Å². The van der Waals surface area contributed by atoms with Gasteiger partial charge < -0.3 is 20.5 Å². The van der Waals surface area contributed by atoms with Crippen molar-refractivity contribution in [2.24, 2.45) is 17.6 Å². The highest BCUT2D eigenvalue weighted by atomic mass is 16.7. The quantitative estimate of drug-likeness (QED) is 0.872. The van der Waals surface area contributed by atoms with Crippen LogP contribution < -0.4 is 20.5 Å². The fraction of sp³-hybridized carbons (Fsp3) is 0.533. The number of rotatable bonds is 4. The first kappa shape index (κ1) is 13.2. The number of para-hydroxylation sites is 1. The molecule has 2 aliphatic rings. The molecule has 1 heterocycles. The van der Waals surface area contributed by atoms with Crippen LogP contribution in [-0.4, -0.2) is 19.2 Å². The predicted octanol–water partition coefficient (Wildman–Crippen LogP) is 1.41. The van der Waals surface area contributed by atoms with Crippen molar-refractivity contribution in [2.75, 3.05) is 13.3 Å². The summed E-state index contributed by atoms with van der Waals surface area (Å²) in [5, 5.41) is 3.00. The molecular weight excluding hydrogens is 256 g/mol. The summed E-state index contributed by atoms with van der Waals surface area (Å²) >= 11 is 0. The van der Waals surface area contributed by atoms with E-state index >= 15 is 0 Å². The third-order valence-corrected chi connectivity index (χ3v) is 4.23. The van der Waals surface area contributed by atoms with Gasteiger partial charge in [0.15, 0.2) is 11.5 Å². The van der Waals surface area contributed by atoms with E-state index in [1.165, 1.54) is 0 Å². The van der Waals surface area contributed by atoms with Crippen molar-refractivity contribution in [2.45, 2.75) is 25.8 Å². The summed E-state index contributed by atoms with van der Waals surface area (Å²) in [7, 11) is 0. The van der Waals surface area contributed by atoms with E-state index in [-0.39, 0.29) is 18.6 Å². The zero-order chi connectivity index (χ0) is 13.9. The van der Waals surface area contributed by atoms with Crippen LogP contribution in [0.15, 0.2) is 18.2 Å². The summed E-state index contributed by atoms with van der Waals surface area (Å²) in [5.74, 6) is 1.99. The average Bonchev–Trinajstić information content (AvgIpc) is 3.12. The van der Waals surface area contributed by atoms with Crippen molar-refractivity contribution in [3.63, 3.8) is 0 Å². The molecule has 0 radical (unpaired) electrons. The summed E-state index contributed by atoms with van der Waals surface area (Å²) in [6.45, 7) is 1.31. The standard InChI is InChI=1S/C15H20N2O3/c16-7-10-3-1-5-12(10)15(18)17-8-11-4-2-6-13-14(11)20-9-19-13/h2,4,6,10,12H,1,3,5,7-9,16H2,(H,17,18). The summed E-state index contributed by atoms with van der Waals surface area (Å²) in [4.78, 5) is 12.2. The first-order valence-corrected chi connectivity index (χ1v) is 7.15. The van der Waals surface area contributed by atoms with Crippen molar-refractivity contribution in [1.82, 2.24) is 5.32 Å². The number of carbonyl (C=O) groups is 1.